The van der Waals surface area contributed by atoms with Crippen molar-refractivity contribution in [1.29, 1.82) is 0 Å². The third-order valence-electron chi connectivity index (χ3n) is 10.2. The lowest BCUT2D eigenvalue weighted by atomic mass is 9.43. The molecule has 0 heterocycles. The highest BCUT2D eigenvalue weighted by Crippen LogP contribution is 2.68. The fourth-order valence-corrected chi connectivity index (χ4v) is 8.73. The van der Waals surface area contributed by atoms with E-state index in [4.69, 9.17) is 5.11 Å². The van der Waals surface area contributed by atoms with Crippen LogP contribution in [-0.2, 0) is 4.79 Å². The van der Waals surface area contributed by atoms with Crippen LogP contribution in [0.15, 0.2) is 0 Å². The molecule has 0 spiro atoms. The summed E-state index contributed by atoms with van der Waals surface area (Å²) in [4.78, 5) is 11.1. The molecule has 0 aromatic heterocycles. The zero-order valence-electron chi connectivity index (χ0n) is 17.9. The van der Waals surface area contributed by atoms with Crippen molar-refractivity contribution in [2.75, 3.05) is 0 Å². The van der Waals surface area contributed by atoms with Crippen LogP contribution in [0.3, 0.4) is 0 Å². The van der Waals surface area contributed by atoms with E-state index in [0.29, 0.717) is 35.5 Å². The van der Waals surface area contributed by atoms with E-state index >= 15 is 0 Å². The highest BCUT2D eigenvalue weighted by molar-refractivity contribution is 5.66. The van der Waals surface area contributed by atoms with Crippen molar-refractivity contribution in [2.24, 2.45) is 46.3 Å². The van der Waals surface area contributed by atoms with Gasteiger partial charge in [0.05, 0.1) is 12.2 Å². The zero-order chi connectivity index (χ0) is 20.3. The lowest BCUT2D eigenvalue weighted by molar-refractivity contribution is -0.174. The highest BCUT2D eigenvalue weighted by atomic mass is 16.4. The lowest BCUT2D eigenvalue weighted by Crippen LogP contribution is -2.58. The minimum atomic E-state index is -0.684. The van der Waals surface area contributed by atoms with E-state index < -0.39 is 5.97 Å². The van der Waals surface area contributed by atoms with E-state index in [1.165, 1.54) is 25.7 Å². The average Bonchev–Trinajstić information content (AvgIpc) is 2.98. The maximum absolute atomic E-state index is 11.2. The molecule has 0 aromatic carbocycles. The minimum Gasteiger partial charge on any atom is -0.481 e. The summed E-state index contributed by atoms with van der Waals surface area (Å²) in [7, 11) is 0. The summed E-state index contributed by atoms with van der Waals surface area (Å²) in [5.74, 6) is 2.36. The van der Waals surface area contributed by atoms with Gasteiger partial charge in [-0.25, -0.2) is 0 Å². The van der Waals surface area contributed by atoms with Crippen molar-refractivity contribution in [3.05, 3.63) is 0 Å². The van der Waals surface area contributed by atoms with Crippen molar-refractivity contribution in [2.45, 2.75) is 97.2 Å². The Morgan fingerprint density at radius 1 is 1.00 bits per heavy atom. The third kappa shape index (κ3) is 3.14. The first-order chi connectivity index (χ1) is 13.2. The van der Waals surface area contributed by atoms with Crippen LogP contribution in [0.4, 0.5) is 0 Å². The quantitative estimate of drug-likeness (QED) is 0.659. The monoisotopic (exact) mass is 392 g/mol. The second-order valence-corrected chi connectivity index (χ2v) is 11.4. The molecule has 0 amide bonds. The summed E-state index contributed by atoms with van der Waals surface area (Å²) in [6.45, 7) is 7.16. The predicted octanol–water partition coefficient (Wildman–Crippen LogP) is 4.48. The number of carboxylic acids is 1. The van der Waals surface area contributed by atoms with E-state index in [0.717, 1.165) is 32.1 Å². The Morgan fingerprint density at radius 2 is 1.68 bits per heavy atom. The molecular weight excluding hydrogens is 352 g/mol. The van der Waals surface area contributed by atoms with Crippen LogP contribution in [-0.4, -0.2) is 33.5 Å². The molecule has 4 heteroatoms. The molecule has 28 heavy (non-hydrogen) atoms. The molecule has 4 saturated carbocycles. The largest absolute Gasteiger partial charge is 0.481 e. The molecule has 160 valence electrons. The highest BCUT2D eigenvalue weighted by Gasteiger charge is 2.62. The Hall–Kier alpha value is -0.610. The normalized spacial score (nSPS) is 51.7. The molecule has 0 aromatic rings. The molecule has 4 nitrogen and oxygen atoms in total. The van der Waals surface area contributed by atoms with E-state index in [1.807, 2.05) is 0 Å². The average molecular weight is 393 g/mol. The van der Waals surface area contributed by atoms with E-state index in [-0.39, 0.29) is 29.5 Å². The topological polar surface area (TPSA) is 77.8 Å². The number of hydrogen-bond acceptors (Lipinski definition) is 3. The van der Waals surface area contributed by atoms with Gasteiger partial charge in [-0.1, -0.05) is 20.8 Å². The minimum absolute atomic E-state index is 0.179. The molecule has 4 fully saturated rings. The summed E-state index contributed by atoms with van der Waals surface area (Å²) in [5.41, 5.74) is 0.523. The molecule has 4 rings (SSSR count). The van der Waals surface area contributed by atoms with E-state index in [2.05, 4.69) is 20.8 Å². The number of aliphatic carboxylic acids is 1. The van der Waals surface area contributed by atoms with Crippen LogP contribution in [0.2, 0.25) is 0 Å². The van der Waals surface area contributed by atoms with Crippen molar-refractivity contribution in [1.82, 2.24) is 0 Å². The van der Waals surface area contributed by atoms with Crippen LogP contribution in [0.5, 0.6) is 0 Å². The Morgan fingerprint density at radius 3 is 2.39 bits per heavy atom. The van der Waals surface area contributed by atoms with E-state index in [9.17, 15) is 15.0 Å². The van der Waals surface area contributed by atoms with Gasteiger partial charge in [0.15, 0.2) is 0 Å². The summed E-state index contributed by atoms with van der Waals surface area (Å²) in [5, 5.41) is 30.5. The standard InChI is InChI=1S/C24H40O4/c1-14(4-7-21(27)28)17-5-6-18-22-19(9-11-24(17,18)3)23(2)10-8-16(25)12-15(23)13-20(22)26/h14-20,22,25-26H,4-13H2,1-3H3,(H,27,28)/t14?,15-,16+,17+,18-,19-,20+,22-,23-,24+/m0/s1. The zero-order valence-corrected chi connectivity index (χ0v) is 17.9. The predicted molar refractivity (Wildman–Crippen MR) is 109 cm³/mol. The van der Waals surface area contributed by atoms with Gasteiger partial charge in [-0.2, -0.15) is 0 Å². The second kappa shape index (κ2) is 7.27. The maximum Gasteiger partial charge on any atom is 0.303 e. The van der Waals surface area contributed by atoms with Crippen molar-refractivity contribution in [3.63, 3.8) is 0 Å². The van der Waals surface area contributed by atoms with Gasteiger partial charge in [-0.05, 0) is 104 Å². The van der Waals surface area contributed by atoms with Gasteiger partial charge in [0.1, 0.15) is 0 Å². The first-order valence-corrected chi connectivity index (χ1v) is 11.7. The number of aliphatic hydroxyl groups excluding tert-OH is 2. The van der Waals surface area contributed by atoms with Gasteiger partial charge < -0.3 is 15.3 Å². The molecule has 3 N–H and O–H groups in total. The molecule has 0 aliphatic heterocycles. The SMILES string of the molecule is CC(CCC(=O)O)[C@H]1CC[C@H]2[C@@H]3[C@H](O)C[C@@H]4C[C@H](O)CC[C@]4(C)[C@H]3CC[C@]12C. The van der Waals surface area contributed by atoms with Crippen LogP contribution in [0, 0.1) is 46.3 Å². The van der Waals surface area contributed by atoms with Gasteiger partial charge in [0, 0.05) is 6.42 Å². The van der Waals surface area contributed by atoms with Gasteiger partial charge in [0.2, 0.25) is 0 Å². The first kappa shape index (κ1) is 20.7. The fourth-order valence-electron chi connectivity index (χ4n) is 8.73. The molecule has 0 saturated heterocycles. The molecule has 4 aliphatic carbocycles. The lowest BCUT2D eigenvalue weighted by Gasteiger charge is -2.62. The van der Waals surface area contributed by atoms with Crippen LogP contribution >= 0.6 is 0 Å². The molecule has 10 atom stereocenters. The Labute approximate surface area is 170 Å². The smallest absolute Gasteiger partial charge is 0.303 e. The van der Waals surface area contributed by atoms with Gasteiger partial charge >= 0.3 is 5.97 Å². The number of carbonyl (C=O) groups is 1. The molecular formula is C24H40O4. The number of rotatable bonds is 4. The number of fused-ring (bicyclic) bond motifs is 5. The van der Waals surface area contributed by atoms with E-state index in [1.54, 1.807) is 0 Å². The summed E-state index contributed by atoms with van der Waals surface area (Å²) in [6.07, 6.45) is 9.19. The molecule has 4 aliphatic rings. The van der Waals surface area contributed by atoms with Crippen LogP contribution < -0.4 is 0 Å². The number of aliphatic hydroxyl groups is 2. The summed E-state index contributed by atoms with van der Waals surface area (Å²) in [6, 6.07) is 0. The Kier molecular flexibility index (Phi) is 5.36. The number of hydrogen-bond donors (Lipinski definition) is 3. The van der Waals surface area contributed by atoms with Gasteiger partial charge in [-0.15, -0.1) is 0 Å². The van der Waals surface area contributed by atoms with Crippen molar-refractivity contribution >= 4 is 5.97 Å². The maximum atomic E-state index is 11.2. The molecule has 0 radical (unpaired) electrons. The Balaban J connectivity index is 1.55. The van der Waals surface area contributed by atoms with Crippen LogP contribution in [0.25, 0.3) is 0 Å². The first-order valence-electron chi connectivity index (χ1n) is 11.7. The van der Waals surface area contributed by atoms with Crippen molar-refractivity contribution < 1.29 is 20.1 Å². The Bertz CT molecular complexity index is 605. The fraction of sp³-hybridized carbons (Fsp3) is 0.958. The third-order valence-corrected chi connectivity index (χ3v) is 10.2. The summed E-state index contributed by atoms with van der Waals surface area (Å²) >= 11 is 0. The summed E-state index contributed by atoms with van der Waals surface area (Å²) < 4.78 is 0. The van der Waals surface area contributed by atoms with Crippen molar-refractivity contribution in [3.8, 4) is 0 Å². The van der Waals surface area contributed by atoms with Gasteiger partial charge in [0.25, 0.3) is 0 Å². The van der Waals surface area contributed by atoms with Gasteiger partial charge in [-0.3, -0.25) is 4.79 Å². The second-order valence-electron chi connectivity index (χ2n) is 11.4. The molecule has 1 unspecified atom stereocenters. The number of carboxylic acid groups (broad SMARTS) is 1. The van der Waals surface area contributed by atoms with Crippen LogP contribution in [0.1, 0.15) is 85.0 Å². The molecule has 0 bridgehead atoms.